The van der Waals surface area contributed by atoms with Crippen molar-refractivity contribution in [3.63, 3.8) is 0 Å². The maximum Gasteiger partial charge on any atom is 0.271 e. The Balaban J connectivity index is 1.40. The van der Waals surface area contributed by atoms with E-state index in [0.29, 0.717) is 45.7 Å². The van der Waals surface area contributed by atoms with Crippen molar-refractivity contribution in [2.24, 2.45) is 0 Å². The molecular weight excluding hydrogens is 488 g/mol. The molecular formula is C24H26N4O5S2. The van der Waals surface area contributed by atoms with Gasteiger partial charge >= 0.3 is 0 Å². The predicted octanol–water partition coefficient (Wildman–Crippen LogP) is 3.32. The summed E-state index contributed by atoms with van der Waals surface area (Å²) in [4.78, 5) is 42.7. The highest BCUT2D eigenvalue weighted by Crippen LogP contribution is 2.34. The zero-order chi connectivity index (χ0) is 25.2. The number of aromatic nitrogens is 1. The van der Waals surface area contributed by atoms with Crippen molar-refractivity contribution in [3.05, 3.63) is 58.8 Å². The van der Waals surface area contributed by atoms with Crippen molar-refractivity contribution in [3.8, 4) is 11.5 Å². The van der Waals surface area contributed by atoms with Crippen LogP contribution in [0, 0.1) is 0 Å². The lowest BCUT2D eigenvalue weighted by Crippen LogP contribution is -2.41. The van der Waals surface area contributed by atoms with Crippen LogP contribution in [0.5, 0.6) is 11.5 Å². The first-order chi connectivity index (χ1) is 16.9. The van der Waals surface area contributed by atoms with Crippen LogP contribution >= 0.6 is 24.0 Å². The first kappa shape index (κ1) is 26.2. The maximum absolute atomic E-state index is 12.8. The highest BCUT2D eigenvalue weighted by atomic mass is 32.2. The van der Waals surface area contributed by atoms with E-state index in [1.165, 1.54) is 18.0 Å². The van der Waals surface area contributed by atoms with Gasteiger partial charge in [-0.3, -0.25) is 35.1 Å². The molecule has 0 spiro atoms. The van der Waals surface area contributed by atoms with Gasteiger partial charge in [-0.2, -0.15) is 0 Å². The highest BCUT2D eigenvalue weighted by Gasteiger charge is 2.31. The monoisotopic (exact) mass is 514 g/mol. The van der Waals surface area contributed by atoms with Gasteiger partial charge in [0.15, 0.2) is 11.5 Å². The number of amides is 3. The molecule has 2 aromatic rings. The van der Waals surface area contributed by atoms with E-state index in [9.17, 15) is 14.4 Å². The van der Waals surface area contributed by atoms with Gasteiger partial charge in [-0.25, -0.2) is 0 Å². The van der Waals surface area contributed by atoms with Crippen molar-refractivity contribution in [2.45, 2.75) is 25.7 Å². The highest BCUT2D eigenvalue weighted by molar-refractivity contribution is 8.26. The number of ether oxygens (including phenoxy) is 2. The zero-order valence-corrected chi connectivity index (χ0v) is 21.0. The molecule has 1 aliphatic heterocycles. The topological polar surface area (TPSA) is 110 Å². The third kappa shape index (κ3) is 7.27. The lowest BCUT2D eigenvalue weighted by molar-refractivity contribution is -0.123. The molecule has 3 amide bonds. The number of unbranched alkanes of at least 4 members (excludes halogenated alkanes) is 2. The molecule has 35 heavy (non-hydrogen) atoms. The summed E-state index contributed by atoms with van der Waals surface area (Å²) in [6, 6.07) is 8.67. The van der Waals surface area contributed by atoms with Crippen molar-refractivity contribution in [2.75, 3.05) is 20.8 Å². The van der Waals surface area contributed by atoms with Crippen molar-refractivity contribution >= 4 is 52.1 Å². The summed E-state index contributed by atoms with van der Waals surface area (Å²) in [5, 5.41) is 0. The largest absolute Gasteiger partial charge is 0.493 e. The van der Waals surface area contributed by atoms with Crippen molar-refractivity contribution < 1.29 is 23.9 Å². The van der Waals surface area contributed by atoms with Crippen LogP contribution in [0.25, 0.3) is 6.08 Å². The first-order valence-corrected chi connectivity index (χ1v) is 12.1. The molecule has 11 heteroatoms. The molecule has 1 aliphatic rings. The van der Waals surface area contributed by atoms with Gasteiger partial charge in [0, 0.05) is 25.4 Å². The average Bonchev–Trinajstić information content (AvgIpc) is 3.14. The summed E-state index contributed by atoms with van der Waals surface area (Å²) in [5.41, 5.74) is 5.92. The molecule has 1 fully saturated rings. The molecule has 184 valence electrons. The number of rotatable bonds is 10. The smallest absolute Gasteiger partial charge is 0.271 e. The quantitative estimate of drug-likeness (QED) is 0.215. The number of thiocarbonyl (C=S) groups is 1. The number of carbonyl (C=O) groups is 3. The minimum absolute atomic E-state index is 0.134. The van der Waals surface area contributed by atoms with Crippen LogP contribution < -0.4 is 20.3 Å². The van der Waals surface area contributed by atoms with E-state index in [1.807, 2.05) is 6.07 Å². The molecule has 9 nitrogen and oxygen atoms in total. The molecule has 0 saturated carbocycles. The summed E-state index contributed by atoms with van der Waals surface area (Å²) >= 11 is 6.66. The van der Waals surface area contributed by atoms with Gasteiger partial charge in [0.1, 0.15) is 4.32 Å². The van der Waals surface area contributed by atoms with Crippen LogP contribution in [0.2, 0.25) is 0 Å². The number of hydrogen-bond acceptors (Lipinski definition) is 8. The molecule has 1 saturated heterocycles. The molecule has 1 aromatic heterocycles. The number of methoxy groups -OCH3 is 2. The molecule has 0 aliphatic carbocycles. The van der Waals surface area contributed by atoms with Gasteiger partial charge in [-0.05, 0) is 48.7 Å². The fourth-order valence-corrected chi connectivity index (χ4v) is 4.59. The van der Waals surface area contributed by atoms with E-state index in [2.05, 4.69) is 15.8 Å². The standard InChI is InChI=1S/C24H26N4O5S2/c1-32-18-10-9-16(13-19(18)33-2)14-20-23(31)28(24(34)35-20)12-5-3-4-8-21(29)26-27-22(30)17-7-6-11-25-15-17/h6-7,9-11,13-15H,3-5,8,12H2,1-2H3,(H,26,29)(H,27,30). The second-order valence-electron chi connectivity index (χ2n) is 7.50. The van der Waals surface area contributed by atoms with Gasteiger partial charge in [0.25, 0.3) is 11.8 Å². The Bertz CT molecular complexity index is 1120. The Labute approximate surface area is 213 Å². The summed E-state index contributed by atoms with van der Waals surface area (Å²) in [7, 11) is 3.13. The Hall–Kier alpha value is -3.44. The van der Waals surface area contributed by atoms with Crippen LogP contribution in [-0.2, 0) is 9.59 Å². The molecule has 3 rings (SSSR count). The Morgan fingerprint density at radius 1 is 1.11 bits per heavy atom. The Morgan fingerprint density at radius 3 is 2.63 bits per heavy atom. The zero-order valence-electron chi connectivity index (χ0n) is 19.4. The lowest BCUT2D eigenvalue weighted by atomic mass is 10.1. The number of nitrogens with zero attached hydrogens (tertiary/aromatic N) is 2. The van der Waals surface area contributed by atoms with Crippen molar-refractivity contribution in [1.29, 1.82) is 0 Å². The lowest BCUT2D eigenvalue weighted by Gasteiger charge is -2.14. The third-order valence-electron chi connectivity index (χ3n) is 5.10. The fraction of sp³-hybridized carbons (Fsp3) is 0.292. The van der Waals surface area contributed by atoms with E-state index >= 15 is 0 Å². The number of hydrazine groups is 1. The van der Waals surface area contributed by atoms with Crippen LogP contribution in [0.3, 0.4) is 0 Å². The summed E-state index contributed by atoms with van der Waals surface area (Å²) in [6.45, 7) is 0.479. The molecule has 2 heterocycles. The van der Waals surface area contributed by atoms with Gasteiger partial charge in [-0.15, -0.1) is 0 Å². The van der Waals surface area contributed by atoms with E-state index in [4.69, 9.17) is 21.7 Å². The second kappa shape index (κ2) is 12.9. The molecule has 2 N–H and O–H groups in total. The third-order valence-corrected chi connectivity index (χ3v) is 6.48. The van der Waals surface area contributed by atoms with E-state index < -0.39 is 5.91 Å². The van der Waals surface area contributed by atoms with Crippen molar-refractivity contribution in [1.82, 2.24) is 20.7 Å². The number of carbonyl (C=O) groups excluding carboxylic acids is 3. The molecule has 0 unspecified atom stereocenters. The number of pyridine rings is 1. The van der Waals surface area contributed by atoms with Crippen LogP contribution in [0.15, 0.2) is 47.6 Å². The molecule has 0 atom stereocenters. The summed E-state index contributed by atoms with van der Waals surface area (Å²) < 4.78 is 11.1. The molecule has 0 radical (unpaired) electrons. The normalized spacial score (nSPS) is 14.2. The van der Waals surface area contributed by atoms with Crippen LogP contribution in [0.4, 0.5) is 0 Å². The van der Waals surface area contributed by atoms with Crippen LogP contribution in [0.1, 0.15) is 41.6 Å². The average molecular weight is 515 g/mol. The second-order valence-corrected chi connectivity index (χ2v) is 9.18. The van der Waals surface area contributed by atoms with E-state index in [0.717, 1.165) is 12.0 Å². The predicted molar refractivity (Wildman–Crippen MR) is 138 cm³/mol. The number of nitrogens with one attached hydrogen (secondary N) is 2. The van der Waals surface area contributed by atoms with Gasteiger partial charge < -0.3 is 9.47 Å². The molecule has 1 aromatic carbocycles. The number of benzene rings is 1. The Morgan fingerprint density at radius 2 is 1.91 bits per heavy atom. The minimum atomic E-state index is -0.429. The minimum Gasteiger partial charge on any atom is -0.493 e. The van der Waals surface area contributed by atoms with E-state index in [-0.39, 0.29) is 18.2 Å². The number of thioether (sulfide) groups is 1. The summed E-state index contributed by atoms with van der Waals surface area (Å²) in [6.07, 6.45) is 7.06. The fourth-order valence-electron chi connectivity index (χ4n) is 3.28. The van der Waals surface area contributed by atoms with Gasteiger partial charge in [-0.1, -0.05) is 36.5 Å². The maximum atomic E-state index is 12.8. The van der Waals surface area contributed by atoms with Gasteiger partial charge in [0.2, 0.25) is 5.91 Å². The first-order valence-electron chi connectivity index (χ1n) is 10.9. The Kier molecular flexibility index (Phi) is 9.62. The van der Waals surface area contributed by atoms with Gasteiger partial charge in [0.05, 0.1) is 24.7 Å². The van der Waals surface area contributed by atoms with E-state index in [1.54, 1.807) is 55.7 Å². The van der Waals surface area contributed by atoms with Crippen LogP contribution in [-0.4, -0.2) is 52.7 Å². The summed E-state index contributed by atoms with van der Waals surface area (Å²) in [5.74, 6) is 0.345. The number of hydrogen-bond donors (Lipinski definition) is 2. The molecule has 0 bridgehead atoms. The SMILES string of the molecule is COc1ccc(C=C2SC(=S)N(CCCCCC(=O)NNC(=O)c3cccnc3)C2=O)cc1OC.